The van der Waals surface area contributed by atoms with E-state index in [2.05, 4.69) is 15.9 Å². The summed E-state index contributed by atoms with van der Waals surface area (Å²) in [5.41, 5.74) is 0.443. The van der Waals surface area contributed by atoms with Gasteiger partial charge in [0.05, 0.1) is 17.5 Å². The van der Waals surface area contributed by atoms with Crippen LogP contribution in [-0.4, -0.2) is 19.4 Å². The Bertz CT molecular complexity index is 440. The van der Waals surface area contributed by atoms with Gasteiger partial charge in [-0.05, 0) is 28.1 Å². The van der Waals surface area contributed by atoms with Gasteiger partial charge in [0.1, 0.15) is 6.29 Å². The highest BCUT2D eigenvalue weighted by Crippen LogP contribution is 2.36. The number of rotatable bonds is 4. The summed E-state index contributed by atoms with van der Waals surface area (Å²) < 4.78 is 10.8. The van der Waals surface area contributed by atoms with Crippen molar-refractivity contribution in [3.8, 4) is 11.5 Å². The molecule has 0 atom stereocenters. The molecule has 1 aromatic carbocycles. The fourth-order valence-corrected chi connectivity index (χ4v) is 1.67. The highest BCUT2D eigenvalue weighted by Gasteiger charge is 2.17. The van der Waals surface area contributed by atoms with Crippen LogP contribution >= 0.6 is 15.9 Å². The molecule has 92 valence electrons. The highest BCUT2D eigenvalue weighted by molar-refractivity contribution is 9.10. The van der Waals surface area contributed by atoms with Gasteiger partial charge in [0.25, 0.3) is 0 Å². The van der Waals surface area contributed by atoms with Crippen molar-refractivity contribution in [3.63, 3.8) is 0 Å². The SMILES string of the molecule is COc1cc(C=O)cc(Br)c1OC(=O)C(C)C. The van der Waals surface area contributed by atoms with Crippen molar-refractivity contribution in [1.82, 2.24) is 0 Å². The Hall–Kier alpha value is -1.36. The van der Waals surface area contributed by atoms with Gasteiger partial charge in [-0.1, -0.05) is 13.8 Å². The highest BCUT2D eigenvalue weighted by atomic mass is 79.9. The van der Waals surface area contributed by atoms with E-state index in [4.69, 9.17) is 9.47 Å². The molecular weight excluding hydrogens is 288 g/mol. The van der Waals surface area contributed by atoms with Crippen LogP contribution in [0.2, 0.25) is 0 Å². The van der Waals surface area contributed by atoms with Crippen LogP contribution in [0.4, 0.5) is 0 Å². The van der Waals surface area contributed by atoms with E-state index in [9.17, 15) is 9.59 Å². The molecule has 1 aromatic rings. The number of hydrogen-bond acceptors (Lipinski definition) is 4. The third-order valence-electron chi connectivity index (χ3n) is 2.06. The molecule has 0 fully saturated rings. The number of benzene rings is 1. The van der Waals surface area contributed by atoms with Crippen LogP contribution in [0.3, 0.4) is 0 Å². The predicted octanol–water partition coefficient (Wildman–Crippen LogP) is 2.83. The Morgan fingerprint density at radius 2 is 2.06 bits per heavy atom. The van der Waals surface area contributed by atoms with Crippen LogP contribution in [0.25, 0.3) is 0 Å². The minimum absolute atomic E-state index is 0.239. The van der Waals surface area contributed by atoms with Gasteiger partial charge in [-0.25, -0.2) is 0 Å². The van der Waals surface area contributed by atoms with E-state index in [0.29, 0.717) is 22.1 Å². The molecular formula is C12H13BrO4. The van der Waals surface area contributed by atoms with Crippen LogP contribution < -0.4 is 9.47 Å². The van der Waals surface area contributed by atoms with Crippen LogP contribution in [0.1, 0.15) is 24.2 Å². The Morgan fingerprint density at radius 3 is 2.53 bits per heavy atom. The molecule has 0 saturated carbocycles. The van der Waals surface area contributed by atoms with Gasteiger partial charge in [-0.15, -0.1) is 0 Å². The molecule has 0 amide bonds. The van der Waals surface area contributed by atoms with E-state index in [0.717, 1.165) is 0 Å². The lowest BCUT2D eigenvalue weighted by atomic mass is 10.2. The van der Waals surface area contributed by atoms with Gasteiger partial charge < -0.3 is 9.47 Å². The first-order valence-corrected chi connectivity index (χ1v) is 5.83. The van der Waals surface area contributed by atoms with Crippen LogP contribution in [0.15, 0.2) is 16.6 Å². The average Bonchev–Trinajstić information content (AvgIpc) is 2.30. The van der Waals surface area contributed by atoms with Crippen molar-refractivity contribution in [2.45, 2.75) is 13.8 Å². The third-order valence-corrected chi connectivity index (χ3v) is 2.65. The Morgan fingerprint density at radius 1 is 1.41 bits per heavy atom. The number of hydrogen-bond donors (Lipinski definition) is 0. The van der Waals surface area contributed by atoms with Gasteiger partial charge in [-0.3, -0.25) is 9.59 Å². The molecule has 0 aliphatic rings. The summed E-state index contributed by atoms with van der Waals surface area (Å²) >= 11 is 3.24. The Labute approximate surface area is 108 Å². The lowest BCUT2D eigenvalue weighted by Crippen LogP contribution is -2.15. The van der Waals surface area contributed by atoms with Gasteiger partial charge in [0.2, 0.25) is 0 Å². The summed E-state index contributed by atoms with van der Waals surface area (Å²) in [6.07, 6.45) is 0.696. The van der Waals surface area contributed by atoms with Crippen molar-refractivity contribution in [2.75, 3.05) is 7.11 Å². The molecule has 4 nitrogen and oxygen atoms in total. The predicted molar refractivity (Wildman–Crippen MR) is 66.6 cm³/mol. The molecule has 17 heavy (non-hydrogen) atoms. The van der Waals surface area contributed by atoms with E-state index in [1.54, 1.807) is 19.9 Å². The van der Waals surface area contributed by atoms with E-state index < -0.39 is 0 Å². The second-order valence-electron chi connectivity index (χ2n) is 3.73. The molecule has 0 unspecified atom stereocenters. The largest absolute Gasteiger partial charge is 0.493 e. The molecule has 0 heterocycles. The molecule has 0 saturated heterocycles. The zero-order valence-corrected chi connectivity index (χ0v) is 11.4. The van der Waals surface area contributed by atoms with Gasteiger partial charge in [0.15, 0.2) is 11.5 Å². The fraction of sp³-hybridized carbons (Fsp3) is 0.333. The summed E-state index contributed by atoms with van der Waals surface area (Å²) in [6.45, 7) is 3.48. The third kappa shape index (κ3) is 3.30. The summed E-state index contributed by atoms with van der Waals surface area (Å²) in [6, 6.07) is 3.08. The molecule has 0 aliphatic heterocycles. The zero-order valence-electron chi connectivity index (χ0n) is 9.82. The summed E-state index contributed by atoms with van der Waals surface area (Å²) in [4.78, 5) is 22.2. The second-order valence-corrected chi connectivity index (χ2v) is 4.58. The van der Waals surface area contributed by atoms with E-state index >= 15 is 0 Å². The summed E-state index contributed by atoms with van der Waals surface area (Å²) in [5.74, 6) is 0.0347. The number of aldehydes is 1. The lowest BCUT2D eigenvalue weighted by Gasteiger charge is -2.12. The maximum Gasteiger partial charge on any atom is 0.313 e. The minimum Gasteiger partial charge on any atom is -0.493 e. The Kier molecular flexibility index (Phi) is 4.69. The van der Waals surface area contributed by atoms with Gasteiger partial charge >= 0.3 is 5.97 Å². The molecule has 0 spiro atoms. The van der Waals surface area contributed by atoms with Crippen molar-refractivity contribution >= 4 is 28.2 Å². The van der Waals surface area contributed by atoms with E-state index in [-0.39, 0.29) is 17.6 Å². The quantitative estimate of drug-likeness (QED) is 0.487. The summed E-state index contributed by atoms with van der Waals surface area (Å²) in [7, 11) is 1.45. The minimum atomic E-state index is -0.358. The maximum atomic E-state index is 11.5. The molecule has 5 heteroatoms. The van der Waals surface area contributed by atoms with Gasteiger partial charge in [0, 0.05) is 5.56 Å². The number of halogens is 1. The molecule has 1 rings (SSSR count). The molecule has 0 aliphatic carbocycles. The first-order chi connectivity index (χ1) is 7.99. The molecule has 0 aromatic heterocycles. The van der Waals surface area contributed by atoms with E-state index in [1.165, 1.54) is 13.2 Å². The van der Waals surface area contributed by atoms with E-state index in [1.807, 2.05) is 0 Å². The van der Waals surface area contributed by atoms with Crippen molar-refractivity contribution in [2.24, 2.45) is 5.92 Å². The molecule has 0 radical (unpaired) electrons. The number of ether oxygens (including phenoxy) is 2. The second kappa shape index (κ2) is 5.82. The number of carbonyl (C=O) groups is 2. The Balaban J connectivity index is 3.14. The summed E-state index contributed by atoms with van der Waals surface area (Å²) in [5, 5.41) is 0. The smallest absolute Gasteiger partial charge is 0.313 e. The number of methoxy groups -OCH3 is 1. The van der Waals surface area contributed by atoms with Gasteiger partial charge in [-0.2, -0.15) is 0 Å². The van der Waals surface area contributed by atoms with Crippen molar-refractivity contribution in [1.29, 1.82) is 0 Å². The lowest BCUT2D eigenvalue weighted by molar-refractivity contribution is -0.137. The standard InChI is InChI=1S/C12H13BrO4/c1-7(2)12(15)17-11-9(13)4-8(6-14)5-10(11)16-3/h4-7H,1-3H3. The van der Waals surface area contributed by atoms with Crippen molar-refractivity contribution in [3.05, 3.63) is 22.2 Å². The fourth-order valence-electron chi connectivity index (χ4n) is 1.13. The van der Waals surface area contributed by atoms with Crippen LogP contribution in [0, 0.1) is 5.92 Å². The molecule has 0 N–H and O–H groups in total. The molecule has 0 bridgehead atoms. The first kappa shape index (κ1) is 13.7. The van der Waals surface area contributed by atoms with Crippen LogP contribution in [-0.2, 0) is 4.79 Å². The monoisotopic (exact) mass is 300 g/mol. The van der Waals surface area contributed by atoms with Crippen LogP contribution in [0.5, 0.6) is 11.5 Å². The number of esters is 1. The first-order valence-electron chi connectivity index (χ1n) is 5.04. The topological polar surface area (TPSA) is 52.6 Å². The number of carbonyl (C=O) groups excluding carboxylic acids is 2. The zero-order chi connectivity index (χ0) is 13.0. The normalized spacial score (nSPS) is 10.2. The maximum absolute atomic E-state index is 11.5. The average molecular weight is 301 g/mol. The van der Waals surface area contributed by atoms with Crippen molar-refractivity contribution < 1.29 is 19.1 Å².